The number of phenolic OH excluding ortho intramolecular Hbond substituents is 1. The standard InChI is InChI=1S/C12H13ClN2O2/c1-3-12(2,7-14)15-11(17)9-6-8(16)4-5-10(9)13/h4-6,16H,3H2,1-2H3,(H,15,17). The Hall–Kier alpha value is -1.73. The summed E-state index contributed by atoms with van der Waals surface area (Å²) < 4.78 is 0. The Kier molecular flexibility index (Phi) is 3.97. The summed E-state index contributed by atoms with van der Waals surface area (Å²) >= 11 is 5.85. The molecule has 0 spiro atoms. The summed E-state index contributed by atoms with van der Waals surface area (Å²) in [6, 6.07) is 6.12. The minimum atomic E-state index is -0.939. The summed E-state index contributed by atoms with van der Waals surface area (Å²) in [7, 11) is 0. The maximum Gasteiger partial charge on any atom is 0.254 e. The quantitative estimate of drug-likeness (QED) is 0.868. The van der Waals surface area contributed by atoms with Crippen LogP contribution in [-0.2, 0) is 0 Å². The molecule has 17 heavy (non-hydrogen) atoms. The number of rotatable bonds is 3. The van der Waals surface area contributed by atoms with Gasteiger partial charge in [-0.15, -0.1) is 0 Å². The van der Waals surface area contributed by atoms with Crippen LogP contribution >= 0.6 is 11.6 Å². The first-order valence-electron chi connectivity index (χ1n) is 5.14. The van der Waals surface area contributed by atoms with Crippen LogP contribution in [0.4, 0.5) is 0 Å². The molecule has 0 saturated carbocycles. The lowest BCUT2D eigenvalue weighted by Crippen LogP contribution is -2.44. The van der Waals surface area contributed by atoms with E-state index in [1.165, 1.54) is 18.2 Å². The van der Waals surface area contributed by atoms with Crippen LogP contribution in [-0.4, -0.2) is 16.6 Å². The molecule has 1 atom stereocenters. The minimum absolute atomic E-state index is 0.0466. The van der Waals surface area contributed by atoms with E-state index in [-0.39, 0.29) is 16.3 Å². The van der Waals surface area contributed by atoms with Crippen molar-refractivity contribution in [3.05, 3.63) is 28.8 Å². The van der Waals surface area contributed by atoms with Crippen LogP contribution < -0.4 is 5.32 Å². The number of hydrogen-bond acceptors (Lipinski definition) is 3. The molecule has 2 N–H and O–H groups in total. The Bertz CT molecular complexity index is 482. The van der Waals surface area contributed by atoms with Gasteiger partial charge in [0.25, 0.3) is 5.91 Å². The van der Waals surface area contributed by atoms with Crippen molar-refractivity contribution in [2.75, 3.05) is 0 Å². The number of amides is 1. The number of carbonyl (C=O) groups is 1. The molecule has 1 aromatic carbocycles. The first kappa shape index (κ1) is 13.3. The molecule has 1 rings (SSSR count). The third-order valence-corrected chi connectivity index (χ3v) is 2.87. The van der Waals surface area contributed by atoms with Crippen LogP contribution in [0.25, 0.3) is 0 Å². The van der Waals surface area contributed by atoms with Crippen LogP contribution in [0.5, 0.6) is 5.75 Å². The third-order valence-electron chi connectivity index (χ3n) is 2.54. The molecule has 1 unspecified atom stereocenters. The minimum Gasteiger partial charge on any atom is -0.508 e. The van der Waals surface area contributed by atoms with E-state index in [0.717, 1.165) is 0 Å². The van der Waals surface area contributed by atoms with E-state index in [4.69, 9.17) is 16.9 Å². The Morgan fingerprint density at radius 3 is 2.82 bits per heavy atom. The summed E-state index contributed by atoms with van der Waals surface area (Å²) in [5.41, 5.74) is -0.784. The lowest BCUT2D eigenvalue weighted by molar-refractivity contribution is 0.0923. The van der Waals surface area contributed by atoms with Crippen LogP contribution in [0, 0.1) is 11.3 Å². The number of nitrogens with one attached hydrogen (secondary N) is 1. The largest absolute Gasteiger partial charge is 0.508 e. The fraction of sp³-hybridized carbons (Fsp3) is 0.333. The number of benzene rings is 1. The zero-order chi connectivity index (χ0) is 13.1. The van der Waals surface area contributed by atoms with E-state index in [0.29, 0.717) is 6.42 Å². The Morgan fingerprint density at radius 2 is 2.29 bits per heavy atom. The molecular formula is C12H13ClN2O2. The molecule has 4 nitrogen and oxygen atoms in total. The van der Waals surface area contributed by atoms with Crippen molar-refractivity contribution in [3.8, 4) is 11.8 Å². The second-order valence-corrected chi connectivity index (χ2v) is 4.32. The fourth-order valence-electron chi connectivity index (χ4n) is 1.20. The van der Waals surface area contributed by atoms with Crippen molar-refractivity contribution < 1.29 is 9.90 Å². The first-order valence-corrected chi connectivity index (χ1v) is 5.52. The van der Waals surface area contributed by atoms with Gasteiger partial charge in [-0.2, -0.15) is 5.26 Å². The lowest BCUT2D eigenvalue weighted by Gasteiger charge is -2.21. The van der Waals surface area contributed by atoms with E-state index in [9.17, 15) is 9.90 Å². The topological polar surface area (TPSA) is 73.1 Å². The molecule has 0 fully saturated rings. The SMILES string of the molecule is CCC(C)(C#N)NC(=O)c1cc(O)ccc1Cl. The fourth-order valence-corrected chi connectivity index (χ4v) is 1.40. The van der Waals surface area contributed by atoms with Crippen molar-refractivity contribution in [2.24, 2.45) is 0 Å². The molecule has 0 aliphatic carbocycles. The van der Waals surface area contributed by atoms with Crippen molar-refractivity contribution in [3.63, 3.8) is 0 Å². The highest BCUT2D eigenvalue weighted by Gasteiger charge is 2.25. The number of aromatic hydroxyl groups is 1. The van der Waals surface area contributed by atoms with Gasteiger partial charge in [-0.1, -0.05) is 18.5 Å². The van der Waals surface area contributed by atoms with Gasteiger partial charge >= 0.3 is 0 Å². The van der Waals surface area contributed by atoms with Gasteiger partial charge in [0.05, 0.1) is 16.7 Å². The van der Waals surface area contributed by atoms with Crippen LogP contribution in [0.3, 0.4) is 0 Å². The second kappa shape index (κ2) is 5.07. The average Bonchev–Trinajstić information content (AvgIpc) is 2.32. The lowest BCUT2D eigenvalue weighted by atomic mass is 10.0. The molecule has 0 aromatic heterocycles. The van der Waals surface area contributed by atoms with E-state index < -0.39 is 11.4 Å². The van der Waals surface area contributed by atoms with E-state index in [2.05, 4.69) is 5.32 Å². The number of nitrogens with zero attached hydrogens (tertiary/aromatic N) is 1. The molecule has 5 heteroatoms. The maximum atomic E-state index is 11.9. The normalized spacial score (nSPS) is 13.5. The van der Waals surface area contributed by atoms with E-state index in [1.807, 2.05) is 6.07 Å². The molecule has 1 aromatic rings. The van der Waals surface area contributed by atoms with E-state index in [1.54, 1.807) is 13.8 Å². The molecular weight excluding hydrogens is 240 g/mol. The van der Waals surface area contributed by atoms with Crippen molar-refractivity contribution in [2.45, 2.75) is 25.8 Å². The highest BCUT2D eigenvalue weighted by molar-refractivity contribution is 6.33. The molecule has 0 bridgehead atoms. The summed E-state index contributed by atoms with van der Waals surface area (Å²) in [5.74, 6) is -0.522. The number of carbonyl (C=O) groups excluding carboxylic acids is 1. The Morgan fingerprint density at radius 1 is 1.65 bits per heavy atom. The zero-order valence-electron chi connectivity index (χ0n) is 9.62. The molecule has 0 heterocycles. The highest BCUT2D eigenvalue weighted by atomic mass is 35.5. The molecule has 1 amide bonds. The number of hydrogen-bond donors (Lipinski definition) is 2. The van der Waals surface area contributed by atoms with Crippen LogP contribution in [0.2, 0.25) is 5.02 Å². The number of halogens is 1. The predicted molar refractivity (Wildman–Crippen MR) is 64.9 cm³/mol. The highest BCUT2D eigenvalue weighted by Crippen LogP contribution is 2.22. The second-order valence-electron chi connectivity index (χ2n) is 3.92. The molecule has 0 aliphatic heterocycles. The van der Waals surface area contributed by atoms with Gasteiger partial charge in [-0.25, -0.2) is 0 Å². The summed E-state index contributed by atoms with van der Waals surface area (Å²) in [6.07, 6.45) is 0.478. The van der Waals surface area contributed by atoms with Crippen molar-refractivity contribution >= 4 is 17.5 Å². The number of nitriles is 1. The van der Waals surface area contributed by atoms with Crippen molar-refractivity contribution in [1.82, 2.24) is 5.32 Å². The van der Waals surface area contributed by atoms with Crippen LogP contribution in [0.1, 0.15) is 30.6 Å². The van der Waals surface area contributed by atoms with Gasteiger partial charge in [0.15, 0.2) is 0 Å². The monoisotopic (exact) mass is 252 g/mol. The van der Waals surface area contributed by atoms with Gasteiger partial charge in [0.2, 0.25) is 0 Å². The summed E-state index contributed by atoms with van der Waals surface area (Å²) in [6.45, 7) is 3.43. The predicted octanol–water partition coefficient (Wildman–Crippen LogP) is 2.47. The molecule has 0 saturated heterocycles. The Labute approximate surface area is 105 Å². The maximum absolute atomic E-state index is 11.9. The third kappa shape index (κ3) is 3.11. The van der Waals surface area contributed by atoms with E-state index >= 15 is 0 Å². The van der Waals surface area contributed by atoms with Gasteiger partial charge in [-0.05, 0) is 31.5 Å². The molecule has 90 valence electrons. The van der Waals surface area contributed by atoms with Gasteiger partial charge in [-0.3, -0.25) is 4.79 Å². The number of phenols is 1. The summed E-state index contributed by atoms with van der Waals surface area (Å²) in [4.78, 5) is 11.9. The van der Waals surface area contributed by atoms with Crippen molar-refractivity contribution in [1.29, 1.82) is 5.26 Å². The van der Waals surface area contributed by atoms with Gasteiger partial charge in [0.1, 0.15) is 11.3 Å². The average molecular weight is 253 g/mol. The van der Waals surface area contributed by atoms with Gasteiger partial charge < -0.3 is 10.4 Å². The summed E-state index contributed by atoms with van der Waals surface area (Å²) in [5, 5.41) is 21.1. The smallest absolute Gasteiger partial charge is 0.254 e. The Balaban J connectivity index is 2.99. The van der Waals surface area contributed by atoms with Crippen LogP contribution in [0.15, 0.2) is 18.2 Å². The molecule has 0 radical (unpaired) electrons. The molecule has 0 aliphatic rings. The first-order chi connectivity index (χ1) is 7.91. The zero-order valence-corrected chi connectivity index (χ0v) is 10.4. The van der Waals surface area contributed by atoms with Gasteiger partial charge in [0, 0.05) is 0 Å².